The van der Waals surface area contributed by atoms with Crippen molar-refractivity contribution in [3.05, 3.63) is 0 Å². The maximum Gasteiger partial charge on any atom is 0.331 e. The predicted octanol–water partition coefficient (Wildman–Crippen LogP) is 1.37. The normalized spacial score (nSPS) is 11.1. The van der Waals surface area contributed by atoms with Gasteiger partial charge in [-0.25, -0.2) is 9.59 Å². The van der Waals surface area contributed by atoms with Crippen LogP contribution in [0.3, 0.4) is 0 Å². The molecule has 0 aliphatic rings. The molecule has 0 spiro atoms. The van der Waals surface area contributed by atoms with E-state index in [1.54, 1.807) is 0 Å². The fourth-order valence-electron chi connectivity index (χ4n) is 0.457. The summed E-state index contributed by atoms with van der Waals surface area (Å²) in [6.07, 6.45) is 10.2. The Morgan fingerprint density at radius 3 is 1.40 bits per heavy atom. The maximum absolute atomic E-state index is 11.4. The van der Waals surface area contributed by atoms with E-state index in [4.69, 9.17) is 12.8 Å². The van der Waals surface area contributed by atoms with E-state index in [-0.39, 0.29) is 0 Å². The average Bonchev–Trinajstić information content (AvgIpc) is 2.17. The number of ether oxygens (including phenoxy) is 1. The minimum Gasteiger partial charge on any atom is -0.391 e. The van der Waals surface area contributed by atoms with Crippen LogP contribution in [-0.2, 0) is 14.3 Å². The molecule has 0 saturated carbocycles. The van der Waals surface area contributed by atoms with Crippen molar-refractivity contribution in [1.82, 2.24) is 0 Å². The Balaban J connectivity index is 4.70. The fraction of sp³-hybridized carbons (Fsp3) is 0.500. The van der Waals surface area contributed by atoms with Crippen LogP contribution in [0.5, 0.6) is 0 Å². The van der Waals surface area contributed by atoms with Crippen LogP contribution < -0.4 is 0 Å². The van der Waals surface area contributed by atoms with Crippen molar-refractivity contribution in [1.29, 1.82) is 0 Å². The lowest BCUT2D eigenvalue weighted by Gasteiger charge is -2.19. The number of carbonyl (C=O) groups excluding carboxylic acids is 2. The monoisotopic (exact) mass is 206 g/mol. The molecule has 3 heteroatoms. The molecule has 0 amide bonds. The van der Waals surface area contributed by atoms with Gasteiger partial charge in [0.15, 0.2) is 0 Å². The van der Waals surface area contributed by atoms with Crippen molar-refractivity contribution < 1.29 is 14.3 Å². The van der Waals surface area contributed by atoms with E-state index in [1.165, 1.54) is 27.7 Å². The van der Waals surface area contributed by atoms with Gasteiger partial charge in [-0.15, -0.1) is 12.8 Å². The third-order valence-corrected chi connectivity index (χ3v) is 1.93. The SMILES string of the molecule is C#CC(C)(C)C(=O)OC(=O)C(C)(C)C#C. The molecule has 0 N–H and O–H groups in total. The minimum atomic E-state index is -1.12. The van der Waals surface area contributed by atoms with E-state index >= 15 is 0 Å². The lowest BCUT2D eigenvalue weighted by Crippen LogP contribution is -2.33. The number of hydrogen-bond acceptors (Lipinski definition) is 3. The first-order valence-electron chi connectivity index (χ1n) is 4.39. The molecular weight excluding hydrogens is 192 g/mol. The van der Waals surface area contributed by atoms with E-state index in [0.717, 1.165) is 0 Å². The highest BCUT2D eigenvalue weighted by atomic mass is 16.6. The van der Waals surface area contributed by atoms with Gasteiger partial charge in [-0.1, -0.05) is 11.8 Å². The first-order chi connectivity index (χ1) is 6.67. The van der Waals surface area contributed by atoms with Crippen molar-refractivity contribution in [2.24, 2.45) is 10.8 Å². The Hall–Kier alpha value is -1.74. The molecule has 0 saturated heterocycles. The molecular formula is C12H14O3. The summed E-state index contributed by atoms with van der Waals surface area (Å²) in [4.78, 5) is 22.8. The summed E-state index contributed by atoms with van der Waals surface area (Å²) in [5.41, 5.74) is -2.25. The molecule has 0 aromatic carbocycles. The Labute approximate surface area is 90.2 Å². The average molecular weight is 206 g/mol. The molecule has 0 rings (SSSR count). The lowest BCUT2D eigenvalue weighted by atomic mass is 9.93. The second-order valence-electron chi connectivity index (χ2n) is 4.22. The topological polar surface area (TPSA) is 43.4 Å². The largest absolute Gasteiger partial charge is 0.391 e. The molecule has 0 aromatic rings. The molecule has 0 bridgehead atoms. The third-order valence-electron chi connectivity index (χ3n) is 1.93. The minimum absolute atomic E-state index is 0.765. The second-order valence-corrected chi connectivity index (χ2v) is 4.22. The van der Waals surface area contributed by atoms with Crippen LogP contribution >= 0.6 is 0 Å². The quantitative estimate of drug-likeness (QED) is 0.389. The number of carbonyl (C=O) groups is 2. The number of rotatable bonds is 2. The molecule has 3 nitrogen and oxygen atoms in total. The number of terminal acetylenes is 2. The fourth-order valence-corrected chi connectivity index (χ4v) is 0.457. The van der Waals surface area contributed by atoms with E-state index in [9.17, 15) is 9.59 Å². The Morgan fingerprint density at radius 2 is 1.20 bits per heavy atom. The van der Waals surface area contributed by atoms with Crippen LogP contribution in [0.4, 0.5) is 0 Å². The van der Waals surface area contributed by atoms with Gasteiger partial charge in [-0.2, -0.15) is 0 Å². The van der Waals surface area contributed by atoms with Crippen molar-refractivity contribution in [2.75, 3.05) is 0 Å². The number of esters is 2. The van der Waals surface area contributed by atoms with Gasteiger partial charge in [-0.3, -0.25) is 0 Å². The zero-order valence-electron chi connectivity index (χ0n) is 9.38. The molecule has 0 aromatic heterocycles. The standard InChI is InChI=1S/C12H14O3/c1-7-11(3,4)9(13)15-10(14)12(5,6)8-2/h1-2H,3-6H3. The second kappa shape index (κ2) is 4.19. The molecule has 80 valence electrons. The van der Waals surface area contributed by atoms with Gasteiger partial charge in [0, 0.05) is 0 Å². The van der Waals surface area contributed by atoms with Gasteiger partial charge in [0.1, 0.15) is 10.8 Å². The van der Waals surface area contributed by atoms with Gasteiger partial charge in [0.25, 0.3) is 0 Å². The van der Waals surface area contributed by atoms with Crippen molar-refractivity contribution >= 4 is 11.9 Å². The highest BCUT2D eigenvalue weighted by Gasteiger charge is 2.34. The van der Waals surface area contributed by atoms with Crippen LogP contribution in [0.1, 0.15) is 27.7 Å². The molecule has 0 aliphatic heterocycles. The zero-order valence-corrected chi connectivity index (χ0v) is 9.38. The third kappa shape index (κ3) is 3.14. The molecule has 0 fully saturated rings. The van der Waals surface area contributed by atoms with Crippen LogP contribution in [-0.4, -0.2) is 11.9 Å². The van der Waals surface area contributed by atoms with E-state index in [1.807, 2.05) is 0 Å². The first kappa shape index (κ1) is 13.3. The summed E-state index contributed by atoms with van der Waals surface area (Å²) in [5, 5.41) is 0. The van der Waals surface area contributed by atoms with Gasteiger partial charge >= 0.3 is 11.9 Å². The van der Waals surface area contributed by atoms with Crippen LogP contribution in [0.15, 0.2) is 0 Å². The highest BCUT2D eigenvalue weighted by Crippen LogP contribution is 2.20. The van der Waals surface area contributed by atoms with Gasteiger partial charge in [-0.05, 0) is 27.7 Å². The Morgan fingerprint density at radius 1 is 0.933 bits per heavy atom. The summed E-state index contributed by atoms with van der Waals surface area (Å²) in [7, 11) is 0. The summed E-state index contributed by atoms with van der Waals surface area (Å²) in [6.45, 7) is 5.97. The maximum atomic E-state index is 11.4. The van der Waals surface area contributed by atoms with Gasteiger partial charge < -0.3 is 4.74 Å². The number of hydrogen-bond donors (Lipinski definition) is 0. The van der Waals surface area contributed by atoms with Crippen molar-refractivity contribution in [3.63, 3.8) is 0 Å². The van der Waals surface area contributed by atoms with Crippen LogP contribution in [0.2, 0.25) is 0 Å². The summed E-state index contributed by atoms with van der Waals surface area (Å²) in [6, 6.07) is 0. The van der Waals surface area contributed by atoms with Crippen molar-refractivity contribution in [3.8, 4) is 24.7 Å². The molecule has 0 heterocycles. The van der Waals surface area contributed by atoms with Crippen LogP contribution in [0.25, 0.3) is 0 Å². The molecule has 0 radical (unpaired) electrons. The Bertz CT molecular complexity index is 325. The van der Waals surface area contributed by atoms with Crippen molar-refractivity contribution in [2.45, 2.75) is 27.7 Å². The highest BCUT2D eigenvalue weighted by molar-refractivity contribution is 5.93. The van der Waals surface area contributed by atoms with Crippen LogP contribution in [0, 0.1) is 35.5 Å². The van der Waals surface area contributed by atoms with E-state index < -0.39 is 22.8 Å². The van der Waals surface area contributed by atoms with E-state index in [2.05, 4.69) is 16.6 Å². The van der Waals surface area contributed by atoms with Gasteiger partial charge in [0.05, 0.1) is 0 Å². The zero-order chi connectivity index (χ0) is 12.3. The smallest absolute Gasteiger partial charge is 0.331 e. The Kier molecular flexibility index (Phi) is 3.70. The molecule has 0 atom stereocenters. The summed E-state index contributed by atoms with van der Waals surface area (Å²) in [5.74, 6) is 2.94. The predicted molar refractivity (Wildman–Crippen MR) is 56.3 cm³/mol. The van der Waals surface area contributed by atoms with E-state index in [0.29, 0.717) is 0 Å². The lowest BCUT2D eigenvalue weighted by molar-refractivity contribution is -0.168. The molecule has 0 aliphatic carbocycles. The first-order valence-corrected chi connectivity index (χ1v) is 4.39. The molecule has 15 heavy (non-hydrogen) atoms. The summed E-state index contributed by atoms with van der Waals surface area (Å²) < 4.78 is 4.60. The van der Waals surface area contributed by atoms with Gasteiger partial charge in [0.2, 0.25) is 0 Å². The molecule has 0 unspecified atom stereocenters. The summed E-state index contributed by atoms with van der Waals surface area (Å²) >= 11 is 0.